The van der Waals surface area contributed by atoms with Gasteiger partial charge in [0.15, 0.2) is 5.13 Å². The maximum absolute atomic E-state index is 12.4. The topological polar surface area (TPSA) is 85.6 Å². The molecule has 3 aromatic rings. The second kappa shape index (κ2) is 7.27. The minimum absolute atomic E-state index is 0.113. The van der Waals surface area contributed by atoms with Gasteiger partial charge in [0, 0.05) is 6.54 Å². The number of para-hydroxylation sites is 1. The number of fused-ring (bicyclic) bond motifs is 1. The number of carbonyl (C=O) groups is 1. The Balaban J connectivity index is 1.65. The highest BCUT2D eigenvalue weighted by atomic mass is 32.2. The molecule has 0 radical (unpaired) electrons. The number of anilines is 1. The predicted octanol–water partition coefficient (Wildman–Crippen LogP) is 3.06. The van der Waals surface area contributed by atoms with Crippen molar-refractivity contribution in [3.63, 3.8) is 0 Å². The van der Waals surface area contributed by atoms with E-state index in [1.807, 2.05) is 31.2 Å². The van der Waals surface area contributed by atoms with Gasteiger partial charge in [0.25, 0.3) is 0 Å². The molecule has 7 nitrogen and oxygen atoms in total. The third-order valence-corrected chi connectivity index (χ3v) is 5.24. The van der Waals surface area contributed by atoms with Crippen molar-refractivity contribution >= 4 is 44.4 Å². The van der Waals surface area contributed by atoms with E-state index in [-0.39, 0.29) is 11.2 Å². The molecule has 24 heavy (non-hydrogen) atoms. The zero-order valence-corrected chi connectivity index (χ0v) is 15.3. The summed E-state index contributed by atoms with van der Waals surface area (Å²) in [5.74, 6) is 0.317. The van der Waals surface area contributed by atoms with Gasteiger partial charge in [0.05, 0.1) is 15.5 Å². The van der Waals surface area contributed by atoms with Crippen molar-refractivity contribution in [1.29, 1.82) is 0 Å². The summed E-state index contributed by atoms with van der Waals surface area (Å²) in [5, 5.41) is 15.5. The molecule has 0 aliphatic carbocycles. The van der Waals surface area contributed by atoms with Gasteiger partial charge in [0.2, 0.25) is 11.1 Å². The van der Waals surface area contributed by atoms with E-state index in [1.165, 1.54) is 23.1 Å². The maximum Gasteiger partial charge on any atom is 0.239 e. The summed E-state index contributed by atoms with van der Waals surface area (Å²) in [4.78, 5) is 16.8. The summed E-state index contributed by atoms with van der Waals surface area (Å²) >= 11 is 2.81. The van der Waals surface area contributed by atoms with Crippen LogP contribution in [0.25, 0.3) is 10.2 Å². The molecule has 3 rings (SSSR count). The number of aromatic nitrogens is 5. The Morgan fingerprint density at radius 1 is 1.33 bits per heavy atom. The Labute approximate surface area is 147 Å². The molecule has 0 saturated heterocycles. The van der Waals surface area contributed by atoms with E-state index in [1.54, 1.807) is 4.68 Å². The Hall–Kier alpha value is -2.00. The van der Waals surface area contributed by atoms with Gasteiger partial charge in [-0.15, -0.1) is 5.10 Å². The molecule has 1 amide bonds. The first kappa shape index (κ1) is 16.8. The van der Waals surface area contributed by atoms with Crippen molar-refractivity contribution in [3.8, 4) is 0 Å². The maximum atomic E-state index is 12.4. The second-order valence-electron chi connectivity index (χ2n) is 5.77. The molecule has 1 N–H and O–H groups in total. The van der Waals surface area contributed by atoms with E-state index in [0.29, 0.717) is 16.2 Å². The van der Waals surface area contributed by atoms with Gasteiger partial charge in [0.1, 0.15) is 0 Å². The predicted molar refractivity (Wildman–Crippen MR) is 96.2 cm³/mol. The zero-order chi connectivity index (χ0) is 17.1. The molecule has 126 valence electrons. The van der Waals surface area contributed by atoms with Crippen LogP contribution in [0.2, 0.25) is 0 Å². The van der Waals surface area contributed by atoms with Gasteiger partial charge in [-0.2, -0.15) is 0 Å². The van der Waals surface area contributed by atoms with Crippen LogP contribution in [-0.2, 0) is 11.3 Å². The Morgan fingerprint density at radius 3 is 2.88 bits per heavy atom. The quantitative estimate of drug-likeness (QED) is 0.678. The van der Waals surface area contributed by atoms with Crippen LogP contribution < -0.4 is 5.32 Å². The van der Waals surface area contributed by atoms with Crippen LogP contribution in [0, 0.1) is 5.92 Å². The number of thiazole rings is 1. The molecule has 2 heterocycles. The zero-order valence-electron chi connectivity index (χ0n) is 13.6. The minimum Gasteiger partial charge on any atom is -0.301 e. The number of benzene rings is 1. The van der Waals surface area contributed by atoms with Gasteiger partial charge in [-0.1, -0.05) is 49.1 Å². The van der Waals surface area contributed by atoms with Crippen LogP contribution in [0.3, 0.4) is 0 Å². The molecule has 1 atom stereocenters. The fourth-order valence-corrected chi connectivity index (χ4v) is 3.75. The lowest BCUT2D eigenvalue weighted by Crippen LogP contribution is -2.23. The van der Waals surface area contributed by atoms with Crippen LogP contribution in [0.5, 0.6) is 0 Å². The highest BCUT2D eigenvalue weighted by Crippen LogP contribution is 2.27. The average molecular weight is 362 g/mol. The fraction of sp³-hybridized carbons (Fsp3) is 0.400. The molecule has 0 aliphatic heterocycles. The summed E-state index contributed by atoms with van der Waals surface area (Å²) in [6.07, 6.45) is 0. The van der Waals surface area contributed by atoms with Gasteiger partial charge in [-0.3, -0.25) is 4.79 Å². The molecular weight excluding hydrogens is 344 g/mol. The Morgan fingerprint density at radius 2 is 2.12 bits per heavy atom. The first-order valence-corrected chi connectivity index (χ1v) is 9.32. The summed E-state index contributed by atoms with van der Waals surface area (Å²) in [7, 11) is 0. The second-order valence-corrected chi connectivity index (χ2v) is 8.11. The summed E-state index contributed by atoms with van der Waals surface area (Å²) < 4.78 is 2.78. The number of amides is 1. The summed E-state index contributed by atoms with van der Waals surface area (Å²) in [6.45, 7) is 6.75. The van der Waals surface area contributed by atoms with Gasteiger partial charge in [-0.05, 0) is 35.4 Å². The van der Waals surface area contributed by atoms with E-state index in [2.05, 4.69) is 39.7 Å². The van der Waals surface area contributed by atoms with Gasteiger partial charge in [-0.25, -0.2) is 9.67 Å². The number of tetrazole rings is 1. The van der Waals surface area contributed by atoms with E-state index in [0.717, 1.165) is 16.8 Å². The van der Waals surface area contributed by atoms with E-state index >= 15 is 0 Å². The highest BCUT2D eigenvalue weighted by Gasteiger charge is 2.20. The number of nitrogens with zero attached hydrogens (tertiary/aromatic N) is 5. The van der Waals surface area contributed by atoms with Crippen LogP contribution in [-0.4, -0.2) is 36.3 Å². The lowest BCUT2D eigenvalue weighted by Gasteiger charge is -2.11. The standard InChI is InChI=1S/C15H18N6OS2/c1-9(2)8-21-15(18-19-20-21)23-10(3)13(22)17-14-16-11-6-4-5-7-12(11)24-14/h4-7,9-10H,8H2,1-3H3,(H,16,17,22). The third-order valence-electron chi connectivity index (χ3n) is 3.21. The number of hydrogen-bond acceptors (Lipinski definition) is 7. The molecule has 9 heteroatoms. The number of nitrogens with one attached hydrogen (secondary N) is 1. The normalized spacial score (nSPS) is 12.7. The van der Waals surface area contributed by atoms with Crippen LogP contribution >= 0.6 is 23.1 Å². The van der Waals surface area contributed by atoms with Crippen LogP contribution in [0.4, 0.5) is 5.13 Å². The van der Waals surface area contributed by atoms with Crippen LogP contribution in [0.15, 0.2) is 29.4 Å². The van der Waals surface area contributed by atoms with E-state index < -0.39 is 0 Å². The molecule has 1 unspecified atom stereocenters. The first-order chi connectivity index (χ1) is 11.5. The molecule has 0 aliphatic rings. The molecule has 0 bridgehead atoms. The molecule has 2 aromatic heterocycles. The minimum atomic E-state index is -0.325. The van der Waals surface area contributed by atoms with Crippen molar-refractivity contribution in [3.05, 3.63) is 24.3 Å². The third kappa shape index (κ3) is 3.90. The molecule has 1 aromatic carbocycles. The average Bonchev–Trinajstić information content (AvgIpc) is 3.13. The molecule has 0 fully saturated rings. The summed E-state index contributed by atoms with van der Waals surface area (Å²) in [5.41, 5.74) is 0.888. The molecular formula is C15H18N6OS2. The largest absolute Gasteiger partial charge is 0.301 e. The van der Waals surface area contributed by atoms with Crippen molar-refractivity contribution < 1.29 is 4.79 Å². The number of carbonyl (C=O) groups excluding carboxylic acids is 1. The van der Waals surface area contributed by atoms with Gasteiger partial charge < -0.3 is 5.32 Å². The number of rotatable bonds is 6. The van der Waals surface area contributed by atoms with Crippen molar-refractivity contribution in [2.45, 2.75) is 37.7 Å². The van der Waals surface area contributed by atoms with Crippen molar-refractivity contribution in [2.24, 2.45) is 5.92 Å². The molecule has 0 spiro atoms. The number of hydrogen-bond donors (Lipinski definition) is 1. The van der Waals surface area contributed by atoms with Gasteiger partial charge >= 0.3 is 0 Å². The van der Waals surface area contributed by atoms with Crippen molar-refractivity contribution in [1.82, 2.24) is 25.2 Å². The van der Waals surface area contributed by atoms with E-state index in [9.17, 15) is 4.79 Å². The lowest BCUT2D eigenvalue weighted by molar-refractivity contribution is -0.115. The summed E-state index contributed by atoms with van der Waals surface area (Å²) in [6, 6.07) is 7.81. The van der Waals surface area contributed by atoms with E-state index in [4.69, 9.17) is 0 Å². The van der Waals surface area contributed by atoms with Crippen LogP contribution in [0.1, 0.15) is 20.8 Å². The van der Waals surface area contributed by atoms with Crippen molar-refractivity contribution in [2.75, 3.05) is 5.32 Å². The first-order valence-electron chi connectivity index (χ1n) is 7.62. The SMILES string of the molecule is CC(C)Cn1nnnc1SC(C)C(=O)Nc1nc2ccccc2s1. The Bertz CT molecular complexity index is 810. The smallest absolute Gasteiger partial charge is 0.239 e. The number of thioether (sulfide) groups is 1. The highest BCUT2D eigenvalue weighted by molar-refractivity contribution is 8.00. The Kier molecular flexibility index (Phi) is 5.10. The lowest BCUT2D eigenvalue weighted by atomic mass is 10.2. The monoisotopic (exact) mass is 362 g/mol. The fourth-order valence-electron chi connectivity index (χ4n) is 2.09. The molecule has 0 saturated carbocycles.